The number of thiophene rings is 1. The maximum atomic E-state index is 12.5. The summed E-state index contributed by atoms with van der Waals surface area (Å²) in [6.07, 6.45) is 6.82. The van der Waals surface area contributed by atoms with Crippen molar-refractivity contribution in [2.45, 2.75) is 23.0 Å². The summed E-state index contributed by atoms with van der Waals surface area (Å²) in [6, 6.07) is 3.42. The minimum atomic E-state index is -3.36. The van der Waals surface area contributed by atoms with E-state index in [0.717, 1.165) is 18.5 Å². The molecule has 1 aliphatic heterocycles. The first-order chi connectivity index (χ1) is 9.68. The number of nitrogens with zero attached hydrogens (tertiary/aromatic N) is 3. The van der Waals surface area contributed by atoms with E-state index >= 15 is 0 Å². The van der Waals surface area contributed by atoms with Crippen LogP contribution in [0, 0.1) is 0 Å². The third-order valence-electron chi connectivity index (χ3n) is 3.47. The van der Waals surface area contributed by atoms with Crippen molar-refractivity contribution in [1.82, 2.24) is 14.3 Å². The normalized spacial score (nSPS) is 20.9. The second-order valence-corrected chi connectivity index (χ2v) is 7.88. The largest absolute Gasteiger partial charge is 0.261 e. The molecular formula is C13H15N3O2S2. The molecular weight excluding hydrogens is 294 g/mol. The number of sulfonamides is 1. The predicted molar refractivity (Wildman–Crippen MR) is 77.1 cm³/mol. The second kappa shape index (κ2) is 5.59. The minimum absolute atomic E-state index is 0.132. The maximum absolute atomic E-state index is 12.5. The van der Waals surface area contributed by atoms with Crippen LogP contribution in [0.3, 0.4) is 0 Å². The van der Waals surface area contributed by atoms with Crippen LogP contribution in [0.25, 0.3) is 0 Å². The summed E-state index contributed by atoms with van der Waals surface area (Å²) in [6.45, 7) is 1.07. The van der Waals surface area contributed by atoms with Gasteiger partial charge in [-0.25, -0.2) is 8.42 Å². The van der Waals surface area contributed by atoms with Crippen molar-refractivity contribution in [3.8, 4) is 0 Å². The van der Waals surface area contributed by atoms with Gasteiger partial charge in [-0.2, -0.15) is 4.31 Å². The molecule has 106 valence electrons. The molecule has 0 bridgehead atoms. The van der Waals surface area contributed by atoms with Gasteiger partial charge in [-0.1, -0.05) is 6.07 Å². The lowest BCUT2D eigenvalue weighted by molar-refractivity contribution is 0.313. The van der Waals surface area contributed by atoms with Crippen molar-refractivity contribution in [2.75, 3.05) is 13.1 Å². The highest BCUT2D eigenvalue weighted by atomic mass is 32.2. The lowest BCUT2D eigenvalue weighted by Gasteiger charge is -2.31. The molecule has 0 radical (unpaired) electrons. The molecule has 0 amide bonds. The third-order valence-corrected chi connectivity index (χ3v) is 6.71. The molecule has 1 atom stereocenters. The van der Waals surface area contributed by atoms with Gasteiger partial charge in [0, 0.05) is 37.6 Å². The van der Waals surface area contributed by atoms with Crippen LogP contribution < -0.4 is 0 Å². The molecule has 0 aliphatic carbocycles. The summed E-state index contributed by atoms with van der Waals surface area (Å²) >= 11 is 1.26. The fraction of sp³-hybridized carbons (Fsp3) is 0.385. The molecule has 3 rings (SSSR count). The Morgan fingerprint density at radius 3 is 2.95 bits per heavy atom. The Hall–Kier alpha value is -1.31. The molecule has 1 fully saturated rings. The molecule has 3 heterocycles. The van der Waals surface area contributed by atoms with Crippen LogP contribution >= 0.6 is 11.3 Å². The molecule has 0 N–H and O–H groups in total. The predicted octanol–water partition coefficient (Wildman–Crippen LogP) is 2.11. The number of hydrogen-bond acceptors (Lipinski definition) is 5. The zero-order valence-corrected chi connectivity index (χ0v) is 12.5. The summed E-state index contributed by atoms with van der Waals surface area (Å²) in [7, 11) is -3.36. The SMILES string of the molecule is O=S(=O)(c1cccs1)N1CCC[C@@H](c2cnccn2)C1. The highest BCUT2D eigenvalue weighted by molar-refractivity contribution is 7.91. The quantitative estimate of drug-likeness (QED) is 0.871. The first kappa shape index (κ1) is 13.7. The standard InChI is InChI=1S/C13H15N3O2S2/c17-20(18,13-4-2-8-19-13)16-7-1-3-11(10-16)12-9-14-5-6-15-12/h2,4-6,8-9,11H,1,3,7,10H2/t11-/m1/s1. The second-order valence-electron chi connectivity index (χ2n) is 4.76. The van der Waals surface area contributed by atoms with E-state index in [1.807, 2.05) is 0 Å². The van der Waals surface area contributed by atoms with E-state index in [-0.39, 0.29) is 5.92 Å². The molecule has 0 unspecified atom stereocenters. The zero-order chi connectivity index (χ0) is 14.0. The van der Waals surface area contributed by atoms with Crippen LogP contribution in [-0.2, 0) is 10.0 Å². The van der Waals surface area contributed by atoms with Crippen LogP contribution in [0.1, 0.15) is 24.5 Å². The summed E-state index contributed by atoms with van der Waals surface area (Å²) in [5, 5.41) is 1.79. The first-order valence-corrected chi connectivity index (χ1v) is 8.79. The van der Waals surface area contributed by atoms with Crippen LogP contribution in [0.15, 0.2) is 40.3 Å². The average Bonchev–Trinajstić information content (AvgIpc) is 3.03. The summed E-state index contributed by atoms with van der Waals surface area (Å²) in [4.78, 5) is 8.37. The smallest absolute Gasteiger partial charge is 0.252 e. The Bertz CT molecular complexity index is 656. The first-order valence-electron chi connectivity index (χ1n) is 6.47. The molecule has 1 aliphatic rings. The van der Waals surface area contributed by atoms with Crippen molar-refractivity contribution < 1.29 is 8.42 Å². The summed E-state index contributed by atoms with van der Waals surface area (Å²) in [5.41, 5.74) is 0.874. The molecule has 0 aromatic carbocycles. The molecule has 20 heavy (non-hydrogen) atoms. The molecule has 0 saturated carbocycles. The van der Waals surface area contributed by atoms with Gasteiger partial charge in [-0.05, 0) is 24.3 Å². The molecule has 7 heteroatoms. The van der Waals surface area contributed by atoms with E-state index < -0.39 is 10.0 Å². The van der Waals surface area contributed by atoms with Gasteiger partial charge >= 0.3 is 0 Å². The van der Waals surface area contributed by atoms with Gasteiger partial charge in [0.25, 0.3) is 10.0 Å². The van der Waals surface area contributed by atoms with Crippen LogP contribution in [0.4, 0.5) is 0 Å². The number of hydrogen-bond donors (Lipinski definition) is 0. The molecule has 2 aromatic heterocycles. The Kier molecular flexibility index (Phi) is 3.82. The van der Waals surface area contributed by atoms with Crippen LogP contribution in [0.5, 0.6) is 0 Å². The third kappa shape index (κ3) is 2.61. The van der Waals surface area contributed by atoms with Crippen molar-refractivity contribution >= 4 is 21.4 Å². The van der Waals surface area contributed by atoms with E-state index in [2.05, 4.69) is 9.97 Å². The number of aromatic nitrogens is 2. The molecule has 1 saturated heterocycles. The van der Waals surface area contributed by atoms with Gasteiger partial charge in [-0.15, -0.1) is 11.3 Å². The van der Waals surface area contributed by atoms with E-state index in [1.54, 1.807) is 40.4 Å². The zero-order valence-electron chi connectivity index (χ0n) is 10.8. The Balaban J connectivity index is 1.83. The van der Waals surface area contributed by atoms with Crippen LogP contribution in [-0.4, -0.2) is 35.8 Å². The van der Waals surface area contributed by atoms with Crippen LogP contribution in [0.2, 0.25) is 0 Å². The van der Waals surface area contributed by atoms with Gasteiger partial charge in [0.1, 0.15) is 4.21 Å². The van der Waals surface area contributed by atoms with Gasteiger partial charge in [0.05, 0.1) is 5.69 Å². The minimum Gasteiger partial charge on any atom is -0.261 e. The maximum Gasteiger partial charge on any atom is 0.252 e. The Morgan fingerprint density at radius 1 is 1.35 bits per heavy atom. The highest BCUT2D eigenvalue weighted by Crippen LogP contribution is 2.30. The van der Waals surface area contributed by atoms with Crippen molar-refractivity contribution in [3.05, 3.63) is 41.8 Å². The van der Waals surface area contributed by atoms with E-state index in [9.17, 15) is 8.42 Å². The lowest BCUT2D eigenvalue weighted by atomic mass is 9.96. The van der Waals surface area contributed by atoms with Crippen molar-refractivity contribution in [2.24, 2.45) is 0 Å². The monoisotopic (exact) mass is 309 g/mol. The fourth-order valence-electron chi connectivity index (χ4n) is 2.46. The van der Waals surface area contributed by atoms with E-state index in [1.165, 1.54) is 11.3 Å². The molecule has 2 aromatic rings. The Morgan fingerprint density at radius 2 is 2.25 bits per heavy atom. The van der Waals surface area contributed by atoms with Crippen molar-refractivity contribution in [1.29, 1.82) is 0 Å². The fourth-order valence-corrected chi connectivity index (χ4v) is 5.13. The Labute approximate surface area is 122 Å². The van der Waals surface area contributed by atoms with Gasteiger partial charge in [-0.3, -0.25) is 9.97 Å². The number of piperidine rings is 1. The molecule has 5 nitrogen and oxygen atoms in total. The van der Waals surface area contributed by atoms with Gasteiger partial charge in [0.2, 0.25) is 0 Å². The lowest BCUT2D eigenvalue weighted by Crippen LogP contribution is -2.39. The molecule has 0 spiro atoms. The summed E-state index contributed by atoms with van der Waals surface area (Å²) < 4.78 is 27.0. The van der Waals surface area contributed by atoms with E-state index in [4.69, 9.17) is 0 Å². The topological polar surface area (TPSA) is 63.2 Å². The van der Waals surface area contributed by atoms with Crippen molar-refractivity contribution in [3.63, 3.8) is 0 Å². The summed E-state index contributed by atoms with van der Waals surface area (Å²) in [5.74, 6) is 0.132. The van der Waals surface area contributed by atoms with E-state index in [0.29, 0.717) is 17.3 Å². The number of rotatable bonds is 3. The highest BCUT2D eigenvalue weighted by Gasteiger charge is 2.31. The van der Waals surface area contributed by atoms with Gasteiger partial charge in [0.15, 0.2) is 0 Å². The van der Waals surface area contributed by atoms with Gasteiger partial charge < -0.3 is 0 Å². The average molecular weight is 309 g/mol.